The number of nitrogens with two attached hydrogens (primary N) is 1. The van der Waals surface area contributed by atoms with E-state index >= 15 is 0 Å². The van der Waals surface area contributed by atoms with E-state index < -0.39 is 5.91 Å². The highest BCUT2D eigenvalue weighted by atomic mass is 16.5. The predicted molar refractivity (Wildman–Crippen MR) is 83.9 cm³/mol. The number of imidazole rings is 1. The number of aromatic nitrogens is 3. The Morgan fingerprint density at radius 3 is 2.92 bits per heavy atom. The molecule has 0 fully saturated rings. The molecule has 0 saturated heterocycles. The molecular weight excluding hydrogens is 310 g/mol. The topological polar surface area (TPSA) is 107 Å². The lowest BCUT2D eigenvalue weighted by Gasteiger charge is -2.28. The minimum Gasteiger partial charge on any atom is -0.364 e. The van der Waals surface area contributed by atoms with E-state index in [1.807, 2.05) is 24.3 Å². The van der Waals surface area contributed by atoms with Crippen LogP contribution in [0.15, 0.2) is 35.0 Å². The van der Waals surface area contributed by atoms with Gasteiger partial charge in [0, 0.05) is 18.5 Å². The van der Waals surface area contributed by atoms with Crippen molar-refractivity contribution < 1.29 is 14.1 Å². The fourth-order valence-electron chi connectivity index (χ4n) is 2.99. The van der Waals surface area contributed by atoms with Crippen LogP contribution in [0.3, 0.4) is 0 Å². The van der Waals surface area contributed by atoms with Gasteiger partial charge in [0.25, 0.3) is 5.91 Å². The normalized spacial score (nSPS) is 13.9. The number of hydrogen-bond donors (Lipinski definition) is 1. The number of benzene rings is 1. The van der Waals surface area contributed by atoms with Gasteiger partial charge in [-0.05, 0) is 12.1 Å². The van der Waals surface area contributed by atoms with Gasteiger partial charge in [0.15, 0.2) is 5.58 Å². The summed E-state index contributed by atoms with van der Waals surface area (Å²) in [4.78, 5) is 29.8. The summed E-state index contributed by atoms with van der Waals surface area (Å²) in [7, 11) is 0. The summed E-state index contributed by atoms with van der Waals surface area (Å²) in [5.74, 6) is 0.0972. The quantitative estimate of drug-likeness (QED) is 0.763. The molecule has 3 heterocycles. The lowest BCUT2D eigenvalue weighted by molar-refractivity contribution is -0.132. The molecule has 122 valence electrons. The second kappa shape index (κ2) is 5.48. The molecule has 0 saturated carbocycles. The Hall–Kier alpha value is -3.16. The van der Waals surface area contributed by atoms with Crippen LogP contribution in [0.2, 0.25) is 0 Å². The minimum absolute atomic E-state index is 0.0519. The summed E-state index contributed by atoms with van der Waals surface area (Å²) in [6.45, 7) is 1.35. The number of carbonyl (C=O) groups excluding carboxylic acids is 2. The van der Waals surface area contributed by atoms with Gasteiger partial charge in [-0.25, -0.2) is 4.98 Å². The van der Waals surface area contributed by atoms with E-state index in [-0.39, 0.29) is 12.3 Å². The zero-order chi connectivity index (χ0) is 16.7. The van der Waals surface area contributed by atoms with E-state index in [9.17, 15) is 9.59 Å². The maximum absolute atomic E-state index is 12.6. The smallest absolute Gasteiger partial charge is 0.266 e. The first kappa shape index (κ1) is 14.4. The molecule has 0 atom stereocenters. The Kier molecular flexibility index (Phi) is 3.30. The molecule has 3 aromatic rings. The number of fused-ring (bicyclic) bond motifs is 2. The molecule has 8 heteroatoms. The van der Waals surface area contributed by atoms with Crippen molar-refractivity contribution in [2.24, 2.45) is 5.73 Å². The third-order valence-corrected chi connectivity index (χ3v) is 4.24. The van der Waals surface area contributed by atoms with Crippen LogP contribution in [0, 0.1) is 0 Å². The van der Waals surface area contributed by atoms with Crippen molar-refractivity contribution in [3.63, 3.8) is 0 Å². The fourth-order valence-corrected chi connectivity index (χ4v) is 2.99. The van der Waals surface area contributed by atoms with Gasteiger partial charge in [-0.2, -0.15) is 0 Å². The molecule has 0 bridgehead atoms. The van der Waals surface area contributed by atoms with Crippen LogP contribution in [-0.2, 0) is 24.3 Å². The van der Waals surface area contributed by atoms with Crippen molar-refractivity contribution in [1.82, 2.24) is 19.6 Å². The van der Waals surface area contributed by atoms with Crippen molar-refractivity contribution in [3.05, 3.63) is 47.7 Å². The first-order valence-corrected chi connectivity index (χ1v) is 7.59. The molecule has 4 rings (SSSR count). The van der Waals surface area contributed by atoms with Gasteiger partial charge in [-0.3, -0.25) is 9.59 Å². The molecule has 0 aliphatic carbocycles. The van der Waals surface area contributed by atoms with E-state index in [2.05, 4.69) is 10.1 Å². The van der Waals surface area contributed by atoms with Crippen molar-refractivity contribution in [2.45, 2.75) is 19.5 Å². The number of primary amides is 1. The maximum atomic E-state index is 12.6. The van der Waals surface area contributed by atoms with Gasteiger partial charge in [-0.15, -0.1) is 0 Å². The molecule has 1 aromatic carbocycles. The van der Waals surface area contributed by atoms with Crippen molar-refractivity contribution >= 4 is 22.8 Å². The monoisotopic (exact) mass is 325 g/mol. The summed E-state index contributed by atoms with van der Waals surface area (Å²) in [5, 5.41) is 4.84. The molecule has 0 spiro atoms. The Labute approximate surface area is 136 Å². The molecule has 2 amide bonds. The average molecular weight is 325 g/mol. The summed E-state index contributed by atoms with van der Waals surface area (Å²) in [5.41, 5.74) is 6.99. The molecule has 0 unspecified atom stereocenters. The largest absolute Gasteiger partial charge is 0.364 e. The van der Waals surface area contributed by atoms with Gasteiger partial charge in [0.2, 0.25) is 5.91 Å². The summed E-state index contributed by atoms with van der Waals surface area (Å²) in [6.07, 6.45) is 1.62. The first-order valence-electron chi connectivity index (χ1n) is 7.59. The highest BCUT2D eigenvalue weighted by molar-refractivity contribution is 5.91. The van der Waals surface area contributed by atoms with E-state index in [1.165, 1.54) is 6.20 Å². The molecule has 1 aliphatic rings. The highest BCUT2D eigenvalue weighted by Gasteiger charge is 2.25. The van der Waals surface area contributed by atoms with E-state index in [0.717, 1.165) is 5.39 Å². The molecule has 2 aromatic heterocycles. The van der Waals surface area contributed by atoms with Crippen LogP contribution in [0.1, 0.15) is 22.0 Å². The number of nitrogens with zero attached hydrogens (tertiary/aromatic N) is 4. The SMILES string of the molecule is NC(=O)c1cnc2n1CCN(C(=O)Cc1noc3ccccc13)C2. The van der Waals surface area contributed by atoms with Gasteiger partial charge < -0.3 is 19.7 Å². The van der Waals surface area contributed by atoms with Gasteiger partial charge in [-0.1, -0.05) is 17.3 Å². The van der Waals surface area contributed by atoms with Crippen LogP contribution in [0.5, 0.6) is 0 Å². The lowest BCUT2D eigenvalue weighted by Crippen LogP contribution is -2.40. The summed E-state index contributed by atoms with van der Waals surface area (Å²) < 4.78 is 7.00. The number of para-hydroxylation sites is 1. The van der Waals surface area contributed by atoms with Crippen molar-refractivity contribution in [1.29, 1.82) is 0 Å². The second-order valence-electron chi connectivity index (χ2n) is 5.69. The predicted octanol–water partition coefficient (Wildman–Crippen LogP) is 0.708. The van der Waals surface area contributed by atoms with E-state index in [0.29, 0.717) is 42.4 Å². The van der Waals surface area contributed by atoms with Crippen LogP contribution >= 0.6 is 0 Å². The van der Waals surface area contributed by atoms with Gasteiger partial charge >= 0.3 is 0 Å². The zero-order valence-corrected chi connectivity index (χ0v) is 12.8. The second-order valence-corrected chi connectivity index (χ2v) is 5.69. The van der Waals surface area contributed by atoms with Gasteiger partial charge in [0.1, 0.15) is 17.2 Å². The summed E-state index contributed by atoms with van der Waals surface area (Å²) >= 11 is 0. The Morgan fingerprint density at radius 2 is 2.08 bits per heavy atom. The number of rotatable bonds is 3. The van der Waals surface area contributed by atoms with Crippen LogP contribution < -0.4 is 5.73 Å². The molecule has 24 heavy (non-hydrogen) atoms. The minimum atomic E-state index is -0.511. The van der Waals surface area contributed by atoms with Crippen LogP contribution in [0.25, 0.3) is 11.0 Å². The molecule has 8 nitrogen and oxygen atoms in total. The van der Waals surface area contributed by atoms with Gasteiger partial charge in [0.05, 0.1) is 19.2 Å². The fraction of sp³-hybridized carbons (Fsp3) is 0.250. The molecule has 0 radical (unpaired) electrons. The van der Waals surface area contributed by atoms with E-state index in [1.54, 1.807) is 9.47 Å². The number of amides is 2. The highest BCUT2D eigenvalue weighted by Crippen LogP contribution is 2.20. The molecular formula is C16H15N5O3. The molecule has 2 N–H and O–H groups in total. The Balaban J connectivity index is 1.52. The number of hydrogen-bond acceptors (Lipinski definition) is 5. The Morgan fingerprint density at radius 1 is 1.25 bits per heavy atom. The standard InChI is InChI=1S/C16H15N5O3/c17-16(23)12-8-18-14-9-20(5-6-21(12)14)15(22)7-11-10-3-1-2-4-13(10)24-19-11/h1-4,8H,5-7,9H2,(H2,17,23). The lowest BCUT2D eigenvalue weighted by atomic mass is 10.1. The van der Waals surface area contributed by atoms with Crippen molar-refractivity contribution in [2.75, 3.05) is 6.54 Å². The van der Waals surface area contributed by atoms with Crippen molar-refractivity contribution in [3.8, 4) is 0 Å². The number of carbonyl (C=O) groups is 2. The van der Waals surface area contributed by atoms with Crippen LogP contribution in [-0.4, -0.2) is 38.0 Å². The van der Waals surface area contributed by atoms with Crippen LogP contribution in [0.4, 0.5) is 0 Å². The zero-order valence-electron chi connectivity index (χ0n) is 12.8. The first-order chi connectivity index (χ1) is 11.6. The third kappa shape index (κ3) is 2.32. The van der Waals surface area contributed by atoms with E-state index in [4.69, 9.17) is 10.3 Å². The Bertz CT molecular complexity index is 942. The average Bonchev–Trinajstić information content (AvgIpc) is 3.18. The maximum Gasteiger partial charge on any atom is 0.266 e. The third-order valence-electron chi connectivity index (χ3n) is 4.24. The summed E-state index contributed by atoms with van der Waals surface area (Å²) in [6, 6.07) is 7.45. The molecule has 1 aliphatic heterocycles.